The molecule has 1 rings (SSSR count). The molecule has 0 aliphatic rings. The lowest BCUT2D eigenvalue weighted by atomic mass is 10.2. The molecule has 5 nitrogen and oxygen atoms in total. The Hall–Kier alpha value is -1.56. The average molecular weight is 299 g/mol. The van der Waals surface area contributed by atoms with Crippen LogP contribution in [0.3, 0.4) is 0 Å². The van der Waals surface area contributed by atoms with Crippen LogP contribution in [0.1, 0.15) is 31.7 Å². The zero-order valence-corrected chi connectivity index (χ0v) is 12.5. The van der Waals surface area contributed by atoms with Gasteiger partial charge in [-0.1, -0.05) is 31.9 Å². The number of anilines is 1. The van der Waals surface area contributed by atoms with Gasteiger partial charge in [0.1, 0.15) is 5.75 Å². The van der Waals surface area contributed by atoms with E-state index in [0.717, 1.165) is 19.3 Å². The van der Waals surface area contributed by atoms with E-state index in [1.165, 1.54) is 0 Å². The van der Waals surface area contributed by atoms with E-state index in [1.807, 2.05) is 6.92 Å². The van der Waals surface area contributed by atoms with Gasteiger partial charge in [0.2, 0.25) is 0 Å². The third-order valence-corrected chi connectivity index (χ3v) is 4.16. The smallest absolute Gasteiger partial charge is 0.321 e. The van der Waals surface area contributed by atoms with Crippen molar-refractivity contribution < 1.29 is 17.9 Å². The van der Waals surface area contributed by atoms with Gasteiger partial charge in [0.05, 0.1) is 12.4 Å². The van der Waals surface area contributed by atoms with E-state index in [4.69, 9.17) is 10.5 Å². The zero-order chi connectivity index (χ0) is 15.0. The van der Waals surface area contributed by atoms with Crippen molar-refractivity contribution in [2.24, 2.45) is 0 Å². The fourth-order valence-electron chi connectivity index (χ4n) is 1.68. The first kappa shape index (κ1) is 16.5. The number of ether oxygens (including phenoxy) is 1. The Morgan fingerprint density at radius 1 is 1.20 bits per heavy atom. The minimum Gasteiger partial charge on any atom is -0.465 e. The second-order valence-corrected chi connectivity index (χ2v) is 6.77. The van der Waals surface area contributed by atoms with Crippen LogP contribution in [0.5, 0.6) is 0 Å². The highest BCUT2D eigenvalue weighted by Crippen LogP contribution is 2.10. The number of sulfone groups is 1. The second kappa shape index (κ2) is 7.89. The molecule has 0 amide bonds. The molecule has 6 heteroatoms. The summed E-state index contributed by atoms with van der Waals surface area (Å²) in [5.41, 5.74) is 6.71. The molecule has 0 aliphatic carbocycles. The highest BCUT2D eigenvalue weighted by molar-refractivity contribution is 7.91. The third kappa shape index (κ3) is 6.56. The molecule has 20 heavy (non-hydrogen) atoms. The molecule has 0 saturated heterocycles. The Bertz CT molecular complexity index is 523. The first-order valence-corrected chi connectivity index (χ1v) is 8.45. The van der Waals surface area contributed by atoms with Crippen LogP contribution in [0.15, 0.2) is 24.3 Å². The monoisotopic (exact) mass is 299 g/mol. The van der Waals surface area contributed by atoms with Crippen LogP contribution in [0.2, 0.25) is 0 Å². The lowest BCUT2D eigenvalue weighted by molar-refractivity contribution is -0.140. The van der Waals surface area contributed by atoms with Gasteiger partial charge < -0.3 is 10.5 Å². The van der Waals surface area contributed by atoms with Crippen LogP contribution in [-0.4, -0.2) is 26.7 Å². The highest BCUT2D eigenvalue weighted by Gasteiger charge is 2.18. The summed E-state index contributed by atoms with van der Waals surface area (Å²) in [6.45, 7) is 2.32. The van der Waals surface area contributed by atoms with Crippen molar-refractivity contribution in [2.75, 3.05) is 18.1 Å². The minimum atomic E-state index is -3.50. The van der Waals surface area contributed by atoms with Crippen molar-refractivity contribution in [1.82, 2.24) is 0 Å². The summed E-state index contributed by atoms with van der Waals surface area (Å²) < 4.78 is 28.6. The lowest BCUT2D eigenvalue weighted by Crippen LogP contribution is -2.20. The van der Waals surface area contributed by atoms with E-state index in [9.17, 15) is 13.2 Å². The average Bonchev–Trinajstić information content (AvgIpc) is 2.36. The molecule has 0 unspecified atom stereocenters. The summed E-state index contributed by atoms with van der Waals surface area (Å²) in [7, 11) is -3.50. The van der Waals surface area contributed by atoms with Gasteiger partial charge >= 0.3 is 5.97 Å². The summed E-state index contributed by atoms with van der Waals surface area (Å²) in [6, 6.07) is 6.54. The van der Waals surface area contributed by atoms with E-state index in [2.05, 4.69) is 0 Å². The molecule has 0 radical (unpaired) electrons. The topological polar surface area (TPSA) is 86.5 Å². The van der Waals surface area contributed by atoms with E-state index < -0.39 is 21.6 Å². The number of carbonyl (C=O) groups is 1. The van der Waals surface area contributed by atoms with Crippen molar-refractivity contribution in [1.29, 1.82) is 0 Å². The van der Waals surface area contributed by atoms with Crippen LogP contribution in [0, 0.1) is 0 Å². The molecule has 1 aromatic carbocycles. The third-order valence-electron chi connectivity index (χ3n) is 2.72. The van der Waals surface area contributed by atoms with E-state index in [-0.39, 0.29) is 12.4 Å². The van der Waals surface area contributed by atoms with Crippen molar-refractivity contribution >= 4 is 21.5 Å². The number of hydrogen-bond donors (Lipinski definition) is 1. The molecule has 0 spiro atoms. The molecule has 0 saturated carbocycles. The fraction of sp³-hybridized carbons (Fsp3) is 0.500. The molecule has 0 aromatic heterocycles. The van der Waals surface area contributed by atoms with Gasteiger partial charge in [-0.25, -0.2) is 8.42 Å². The maximum Gasteiger partial charge on any atom is 0.321 e. The van der Waals surface area contributed by atoms with Crippen LogP contribution in [-0.2, 0) is 25.1 Å². The lowest BCUT2D eigenvalue weighted by Gasteiger charge is -2.06. The number of rotatable bonds is 8. The standard InChI is InChI=1S/C14H21NO4S/c1-2-3-4-9-19-14(16)11-20(17,18)10-12-5-7-13(15)8-6-12/h5-8H,2-4,9-11,15H2,1H3. The highest BCUT2D eigenvalue weighted by atomic mass is 32.2. The maximum absolute atomic E-state index is 11.9. The molecule has 0 fully saturated rings. The molecule has 2 N–H and O–H groups in total. The first-order chi connectivity index (χ1) is 9.43. The number of nitrogens with two attached hydrogens (primary N) is 1. The molecule has 0 bridgehead atoms. The molecule has 112 valence electrons. The van der Waals surface area contributed by atoms with Gasteiger partial charge in [0.25, 0.3) is 0 Å². The van der Waals surface area contributed by atoms with Gasteiger partial charge in [-0.2, -0.15) is 0 Å². The molecular weight excluding hydrogens is 278 g/mol. The van der Waals surface area contributed by atoms with Crippen LogP contribution in [0.25, 0.3) is 0 Å². The molecule has 1 aromatic rings. The number of benzene rings is 1. The Morgan fingerprint density at radius 2 is 1.85 bits per heavy atom. The zero-order valence-electron chi connectivity index (χ0n) is 11.7. The molecule has 0 atom stereocenters. The van der Waals surface area contributed by atoms with Crippen molar-refractivity contribution in [2.45, 2.75) is 31.9 Å². The quantitative estimate of drug-likeness (QED) is 0.450. The number of nitrogen functional groups attached to an aromatic ring is 1. The molecular formula is C14H21NO4S. The predicted octanol–water partition coefficient (Wildman–Crippen LogP) is 1.92. The Balaban J connectivity index is 2.44. The SMILES string of the molecule is CCCCCOC(=O)CS(=O)(=O)Cc1ccc(N)cc1. The Labute approximate surface area is 120 Å². The Kier molecular flexibility index (Phi) is 6.51. The first-order valence-electron chi connectivity index (χ1n) is 6.63. The molecule has 0 heterocycles. The fourth-order valence-corrected chi connectivity index (χ4v) is 2.92. The minimum absolute atomic E-state index is 0.183. The number of hydrogen-bond acceptors (Lipinski definition) is 5. The second-order valence-electron chi connectivity index (χ2n) is 4.70. The maximum atomic E-state index is 11.9. The van der Waals surface area contributed by atoms with Crippen molar-refractivity contribution in [3.8, 4) is 0 Å². The van der Waals surface area contributed by atoms with Gasteiger partial charge in [0, 0.05) is 5.69 Å². The summed E-state index contributed by atoms with van der Waals surface area (Å²) in [5.74, 6) is -1.45. The summed E-state index contributed by atoms with van der Waals surface area (Å²) in [5, 5.41) is 0. The molecule has 0 aliphatic heterocycles. The number of esters is 1. The van der Waals surface area contributed by atoms with Crippen LogP contribution < -0.4 is 5.73 Å². The van der Waals surface area contributed by atoms with Crippen LogP contribution >= 0.6 is 0 Å². The van der Waals surface area contributed by atoms with Crippen molar-refractivity contribution in [3.05, 3.63) is 29.8 Å². The largest absolute Gasteiger partial charge is 0.465 e. The van der Waals surface area contributed by atoms with Crippen LogP contribution in [0.4, 0.5) is 5.69 Å². The van der Waals surface area contributed by atoms with Gasteiger partial charge in [-0.15, -0.1) is 0 Å². The Morgan fingerprint density at radius 3 is 2.45 bits per heavy atom. The van der Waals surface area contributed by atoms with Gasteiger partial charge in [0.15, 0.2) is 9.84 Å². The van der Waals surface area contributed by atoms with E-state index in [1.54, 1.807) is 24.3 Å². The van der Waals surface area contributed by atoms with E-state index in [0.29, 0.717) is 11.3 Å². The van der Waals surface area contributed by atoms with Gasteiger partial charge in [-0.3, -0.25) is 4.79 Å². The summed E-state index contributed by atoms with van der Waals surface area (Å²) in [6.07, 6.45) is 2.75. The number of carbonyl (C=O) groups excluding carboxylic acids is 1. The van der Waals surface area contributed by atoms with Gasteiger partial charge in [-0.05, 0) is 24.1 Å². The predicted molar refractivity (Wildman–Crippen MR) is 78.8 cm³/mol. The number of unbranched alkanes of at least 4 members (excludes halogenated alkanes) is 2. The normalized spacial score (nSPS) is 11.2. The summed E-state index contributed by atoms with van der Waals surface area (Å²) in [4.78, 5) is 11.4. The van der Waals surface area contributed by atoms with Crippen molar-refractivity contribution in [3.63, 3.8) is 0 Å². The van der Waals surface area contributed by atoms with E-state index >= 15 is 0 Å². The summed E-state index contributed by atoms with van der Waals surface area (Å²) >= 11 is 0.